The Morgan fingerprint density at radius 1 is 1.14 bits per heavy atom. The molecule has 1 aliphatic heterocycles. The normalized spacial score (nSPS) is 16.3. The van der Waals surface area contributed by atoms with Crippen molar-refractivity contribution < 1.29 is 23.1 Å². The summed E-state index contributed by atoms with van der Waals surface area (Å²) in [6.45, 7) is 2.48. The first-order chi connectivity index (χ1) is 16.6. The Labute approximate surface area is 203 Å². The minimum absolute atomic E-state index is 0.0346. The van der Waals surface area contributed by atoms with Gasteiger partial charge in [-0.25, -0.2) is 27.2 Å². The molecule has 1 N–H and O–H groups in total. The van der Waals surface area contributed by atoms with Gasteiger partial charge in [0, 0.05) is 39.4 Å². The number of aromatic nitrogens is 3. The van der Waals surface area contributed by atoms with Crippen LogP contribution >= 0.6 is 0 Å². The number of hydrogen-bond acceptors (Lipinski definition) is 7. The van der Waals surface area contributed by atoms with E-state index in [-0.39, 0.29) is 35.6 Å². The highest BCUT2D eigenvalue weighted by Crippen LogP contribution is 2.30. The van der Waals surface area contributed by atoms with Gasteiger partial charge in [-0.3, -0.25) is 4.79 Å². The number of nitrogens with zero attached hydrogens (tertiary/aromatic N) is 6. The first kappa shape index (κ1) is 24.5. The number of fused-ring (bicyclic) bond motifs is 1. The maximum absolute atomic E-state index is 13.3. The number of aryl methyl sites for hydroxylation is 1. The summed E-state index contributed by atoms with van der Waals surface area (Å²) in [5.74, 6) is 0.205. The van der Waals surface area contributed by atoms with Crippen molar-refractivity contribution in [3.63, 3.8) is 0 Å². The third-order valence-corrected chi connectivity index (χ3v) is 7.87. The largest absolute Gasteiger partial charge is 0.465 e. The molecule has 1 fully saturated rings. The molecule has 11 nitrogen and oxygen atoms in total. The van der Waals surface area contributed by atoms with Crippen LogP contribution in [0.5, 0.6) is 0 Å². The lowest BCUT2D eigenvalue weighted by Crippen LogP contribution is -2.52. The summed E-state index contributed by atoms with van der Waals surface area (Å²) in [5, 5.41) is 9.97. The molecule has 3 aromatic rings. The third-order valence-electron chi connectivity index (χ3n) is 6.19. The quantitative estimate of drug-likeness (QED) is 0.544. The predicted molar refractivity (Wildman–Crippen MR) is 130 cm³/mol. The fraction of sp³-hybridized carbons (Fsp3) is 0.391. The lowest BCUT2D eigenvalue weighted by atomic mass is 10.0. The molecule has 186 valence electrons. The molecule has 1 atom stereocenters. The smallest absolute Gasteiger partial charge is 0.407 e. The second-order valence-corrected chi connectivity index (χ2v) is 10.6. The summed E-state index contributed by atoms with van der Waals surface area (Å²) >= 11 is 0. The Morgan fingerprint density at radius 2 is 1.86 bits per heavy atom. The fourth-order valence-corrected chi connectivity index (χ4v) is 5.51. The Bertz CT molecular complexity index is 1350. The molecular formula is C23H28N6O5S. The summed E-state index contributed by atoms with van der Waals surface area (Å²) in [6, 6.07) is 7.85. The zero-order chi connectivity index (χ0) is 25.3. The van der Waals surface area contributed by atoms with Crippen molar-refractivity contribution in [3.8, 4) is 0 Å². The van der Waals surface area contributed by atoms with Crippen LogP contribution in [0.1, 0.15) is 18.4 Å². The lowest BCUT2D eigenvalue weighted by Gasteiger charge is -2.39. The number of carbonyl (C=O) groups is 2. The summed E-state index contributed by atoms with van der Waals surface area (Å²) in [4.78, 5) is 37.7. The van der Waals surface area contributed by atoms with Crippen molar-refractivity contribution in [3.05, 3.63) is 48.4 Å². The monoisotopic (exact) mass is 500 g/mol. The molecule has 2 aromatic heterocycles. The maximum Gasteiger partial charge on any atom is 0.407 e. The molecule has 0 saturated carbocycles. The van der Waals surface area contributed by atoms with E-state index in [0.717, 1.165) is 9.54 Å². The van der Waals surface area contributed by atoms with Crippen molar-refractivity contribution in [1.82, 2.24) is 23.7 Å². The van der Waals surface area contributed by atoms with Crippen molar-refractivity contribution in [2.45, 2.75) is 30.7 Å². The van der Waals surface area contributed by atoms with Crippen molar-refractivity contribution in [2.24, 2.45) is 0 Å². The van der Waals surface area contributed by atoms with Crippen molar-refractivity contribution >= 4 is 38.9 Å². The minimum Gasteiger partial charge on any atom is -0.465 e. The molecule has 0 radical (unpaired) electrons. The molecule has 0 bridgehead atoms. The van der Waals surface area contributed by atoms with Gasteiger partial charge in [-0.1, -0.05) is 17.7 Å². The highest BCUT2D eigenvalue weighted by molar-refractivity contribution is 7.90. The van der Waals surface area contributed by atoms with Crippen LogP contribution in [0.15, 0.2) is 47.8 Å². The molecule has 3 heterocycles. The van der Waals surface area contributed by atoms with Crippen LogP contribution in [-0.4, -0.2) is 89.0 Å². The number of carbonyl (C=O) groups excluding carboxylic acids is 1. The van der Waals surface area contributed by atoms with Gasteiger partial charge in [-0.15, -0.1) is 0 Å². The summed E-state index contributed by atoms with van der Waals surface area (Å²) in [5.41, 5.74) is 1.12. The van der Waals surface area contributed by atoms with E-state index in [1.54, 1.807) is 49.3 Å². The fourth-order valence-electron chi connectivity index (χ4n) is 4.21. The van der Waals surface area contributed by atoms with Crippen LogP contribution in [0.2, 0.25) is 0 Å². The van der Waals surface area contributed by atoms with Crippen LogP contribution in [0.3, 0.4) is 0 Å². The number of rotatable bonds is 6. The van der Waals surface area contributed by atoms with E-state index in [0.29, 0.717) is 30.6 Å². The van der Waals surface area contributed by atoms with Gasteiger partial charge in [0.1, 0.15) is 12.1 Å². The van der Waals surface area contributed by atoms with E-state index in [1.807, 2.05) is 6.92 Å². The summed E-state index contributed by atoms with van der Waals surface area (Å²) in [7, 11) is -0.628. The van der Waals surface area contributed by atoms with Crippen LogP contribution in [0, 0.1) is 6.92 Å². The van der Waals surface area contributed by atoms with E-state index in [9.17, 15) is 23.1 Å². The van der Waals surface area contributed by atoms with Gasteiger partial charge in [0.25, 0.3) is 10.0 Å². The molecule has 1 aromatic carbocycles. The number of benzene rings is 1. The summed E-state index contributed by atoms with van der Waals surface area (Å²) in [6.07, 6.45) is 2.98. The Kier molecular flexibility index (Phi) is 6.66. The molecule has 2 amide bonds. The van der Waals surface area contributed by atoms with E-state index < -0.39 is 16.1 Å². The zero-order valence-electron chi connectivity index (χ0n) is 19.8. The molecule has 4 rings (SSSR count). The number of anilines is 1. The molecule has 0 spiro atoms. The molecule has 1 unspecified atom stereocenters. The minimum atomic E-state index is -3.92. The van der Waals surface area contributed by atoms with E-state index >= 15 is 0 Å². The number of hydrogen-bond donors (Lipinski definition) is 1. The van der Waals surface area contributed by atoms with E-state index in [4.69, 9.17) is 0 Å². The molecule has 35 heavy (non-hydrogen) atoms. The zero-order valence-corrected chi connectivity index (χ0v) is 20.6. The maximum atomic E-state index is 13.3. The average molecular weight is 501 g/mol. The Morgan fingerprint density at radius 3 is 2.51 bits per heavy atom. The second kappa shape index (κ2) is 9.53. The molecular weight excluding hydrogens is 472 g/mol. The number of likely N-dealkylation sites (tertiary alicyclic amines) is 1. The first-order valence-electron chi connectivity index (χ1n) is 11.2. The van der Waals surface area contributed by atoms with Gasteiger partial charge in [-0.2, -0.15) is 0 Å². The topological polar surface area (TPSA) is 129 Å². The highest BCUT2D eigenvalue weighted by Gasteiger charge is 2.32. The highest BCUT2D eigenvalue weighted by atomic mass is 32.2. The number of likely N-dealkylation sites (N-methyl/N-ethyl adjacent to an activating group) is 1. The van der Waals surface area contributed by atoms with Gasteiger partial charge in [0.15, 0.2) is 5.65 Å². The third kappa shape index (κ3) is 4.78. The van der Waals surface area contributed by atoms with Crippen LogP contribution < -0.4 is 4.90 Å². The van der Waals surface area contributed by atoms with Crippen molar-refractivity contribution in [2.75, 3.05) is 38.6 Å². The standard InChI is InChI=1S/C23H28N6O5S/c1-16-6-8-18(9-7-16)35(33,34)29-12-10-19-21(24-15-25-22(19)29)28(14-20(30)26(2)3)17-5-4-11-27(13-17)23(31)32/h6-10,12,15,17H,4-5,11,13-14H2,1-3H3,(H,31,32). The summed E-state index contributed by atoms with van der Waals surface area (Å²) < 4.78 is 27.8. The van der Waals surface area contributed by atoms with Gasteiger partial charge < -0.3 is 19.8 Å². The van der Waals surface area contributed by atoms with Gasteiger partial charge in [0.05, 0.1) is 16.8 Å². The van der Waals surface area contributed by atoms with Crippen LogP contribution in [0.4, 0.5) is 10.6 Å². The van der Waals surface area contributed by atoms with Gasteiger partial charge in [0.2, 0.25) is 5.91 Å². The van der Waals surface area contributed by atoms with E-state index in [2.05, 4.69) is 9.97 Å². The number of amides is 2. The van der Waals surface area contributed by atoms with Gasteiger partial charge in [-0.05, 0) is 38.0 Å². The van der Waals surface area contributed by atoms with Crippen LogP contribution in [-0.2, 0) is 14.8 Å². The Balaban J connectivity index is 1.79. The lowest BCUT2D eigenvalue weighted by molar-refractivity contribution is -0.127. The number of piperidine rings is 1. The van der Waals surface area contributed by atoms with Crippen molar-refractivity contribution in [1.29, 1.82) is 0 Å². The number of carboxylic acid groups (broad SMARTS) is 1. The average Bonchev–Trinajstić information content (AvgIpc) is 3.28. The second-order valence-electron chi connectivity index (χ2n) is 8.80. The Hall–Kier alpha value is -3.67. The first-order valence-corrected chi connectivity index (χ1v) is 12.6. The van der Waals surface area contributed by atoms with Gasteiger partial charge >= 0.3 is 6.09 Å². The molecule has 0 aliphatic carbocycles. The van der Waals surface area contributed by atoms with Crippen LogP contribution in [0.25, 0.3) is 11.0 Å². The molecule has 12 heteroatoms. The SMILES string of the molecule is Cc1ccc(S(=O)(=O)n2ccc3c(N(CC(=O)N(C)C)C4CCCN(C(=O)O)C4)ncnc32)cc1. The van der Waals surface area contributed by atoms with E-state index in [1.165, 1.54) is 22.3 Å². The molecule has 1 aliphatic rings. The predicted octanol–water partition coefficient (Wildman–Crippen LogP) is 2.01. The molecule has 1 saturated heterocycles.